The minimum atomic E-state index is -0.466. The molecule has 0 aliphatic heterocycles. The van der Waals surface area contributed by atoms with Gasteiger partial charge in [-0.05, 0) is 24.3 Å². The van der Waals surface area contributed by atoms with Gasteiger partial charge in [-0.1, -0.05) is 53.0 Å². The van der Waals surface area contributed by atoms with E-state index in [0.29, 0.717) is 32.3 Å². The predicted molar refractivity (Wildman–Crippen MR) is 101 cm³/mol. The summed E-state index contributed by atoms with van der Waals surface area (Å²) in [6.07, 6.45) is 2.78. The van der Waals surface area contributed by atoms with E-state index >= 15 is 0 Å². The Labute approximate surface area is 159 Å². The molecule has 2 N–H and O–H groups in total. The Bertz CT molecular complexity index is 896. The molecule has 0 fully saturated rings. The molecular formula is C17H11Cl3N4O. The molecule has 126 valence electrons. The molecule has 5 nitrogen and oxygen atoms in total. The highest BCUT2D eigenvalue weighted by Gasteiger charge is 2.13. The van der Waals surface area contributed by atoms with E-state index in [-0.39, 0.29) is 5.69 Å². The van der Waals surface area contributed by atoms with Crippen LogP contribution in [0.2, 0.25) is 15.1 Å². The van der Waals surface area contributed by atoms with Crippen LogP contribution in [0.1, 0.15) is 10.5 Å². The molecule has 3 aromatic rings. The van der Waals surface area contributed by atoms with Gasteiger partial charge in [-0.25, -0.2) is 9.97 Å². The summed E-state index contributed by atoms with van der Waals surface area (Å²) in [5.41, 5.74) is 1.15. The molecule has 0 aliphatic carbocycles. The smallest absolute Gasteiger partial charge is 0.275 e. The third-order valence-corrected chi connectivity index (χ3v) is 4.18. The molecular weight excluding hydrogens is 383 g/mol. The van der Waals surface area contributed by atoms with Crippen LogP contribution in [0.3, 0.4) is 0 Å². The molecule has 1 amide bonds. The number of anilines is 3. The number of halogens is 3. The lowest BCUT2D eigenvalue weighted by Gasteiger charge is -2.09. The van der Waals surface area contributed by atoms with Crippen LogP contribution in [0.25, 0.3) is 0 Å². The molecule has 3 rings (SSSR count). The predicted octanol–water partition coefficient (Wildman–Crippen LogP) is 5.43. The van der Waals surface area contributed by atoms with Gasteiger partial charge in [-0.3, -0.25) is 4.79 Å². The Balaban J connectivity index is 1.74. The molecule has 0 bridgehead atoms. The van der Waals surface area contributed by atoms with Crippen LogP contribution in [0.5, 0.6) is 0 Å². The van der Waals surface area contributed by atoms with E-state index in [1.807, 2.05) is 18.2 Å². The lowest BCUT2D eigenvalue weighted by atomic mass is 10.3. The van der Waals surface area contributed by atoms with E-state index in [0.717, 1.165) is 0 Å². The lowest BCUT2D eigenvalue weighted by Crippen LogP contribution is -2.15. The number of carbonyl (C=O) groups is 1. The molecule has 8 heteroatoms. The molecule has 0 saturated carbocycles. The van der Waals surface area contributed by atoms with Gasteiger partial charge in [-0.2, -0.15) is 0 Å². The van der Waals surface area contributed by atoms with Gasteiger partial charge in [0, 0.05) is 0 Å². The quantitative estimate of drug-likeness (QED) is 0.620. The molecule has 1 heterocycles. The van der Waals surface area contributed by atoms with Crippen molar-refractivity contribution in [2.75, 3.05) is 10.6 Å². The highest BCUT2D eigenvalue weighted by atomic mass is 35.5. The first-order chi connectivity index (χ1) is 12.0. The van der Waals surface area contributed by atoms with E-state index < -0.39 is 5.91 Å². The van der Waals surface area contributed by atoms with Crippen molar-refractivity contribution in [3.05, 3.63) is 75.6 Å². The average Bonchev–Trinajstić information content (AvgIpc) is 2.61. The summed E-state index contributed by atoms with van der Waals surface area (Å²) in [5, 5.41) is 6.89. The van der Waals surface area contributed by atoms with E-state index in [4.69, 9.17) is 34.8 Å². The monoisotopic (exact) mass is 392 g/mol. The third-order valence-electron chi connectivity index (χ3n) is 3.22. The van der Waals surface area contributed by atoms with Gasteiger partial charge >= 0.3 is 0 Å². The van der Waals surface area contributed by atoms with Gasteiger partial charge in [0.1, 0.15) is 11.5 Å². The SMILES string of the molecule is O=C(Nc1c(Cl)cccc1Cl)c1cnc(Nc2ccccc2Cl)cn1. The summed E-state index contributed by atoms with van der Waals surface area (Å²) in [6.45, 7) is 0. The Hall–Kier alpha value is -2.34. The van der Waals surface area contributed by atoms with E-state index in [1.54, 1.807) is 24.3 Å². The Morgan fingerprint density at radius 2 is 1.52 bits per heavy atom. The molecule has 0 aliphatic rings. The standard InChI is InChI=1S/C17H11Cl3N4O/c18-10-4-1-2-7-13(10)23-15-9-21-14(8-22-15)17(25)24-16-11(19)5-3-6-12(16)20/h1-9H,(H,22,23)(H,24,25). The first-order valence-electron chi connectivity index (χ1n) is 7.13. The van der Waals surface area contributed by atoms with Crippen LogP contribution in [0.4, 0.5) is 17.2 Å². The zero-order valence-corrected chi connectivity index (χ0v) is 14.9. The highest BCUT2D eigenvalue weighted by molar-refractivity contribution is 6.40. The lowest BCUT2D eigenvalue weighted by molar-refractivity contribution is 0.102. The second-order valence-electron chi connectivity index (χ2n) is 4.94. The summed E-state index contributed by atoms with van der Waals surface area (Å²) < 4.78 is 0. The number of carbonyl (C=O) groups excluding carboxylic acids is 1. The van der Waals surface area contributed by atoms with Gasteiger partial charge in [0.2, 0.25) is 0 Å². The summed E-state index contributed by atoms with van der Waals surface area (Å²) in [5.74, 6) is -0.00720. The molecule has 0 unspecified atom stereocenters. The highest BCUT2D eigenvalue weighted by Crippen LogP contribution is 2.30. The maximum Gasteiger partial charge on any atom is 0.275 e. The van der Waals surface area contributed by atoms with Gasteiger partial charge in [0.25, 0.3) is 5.91 Å². The molecule has 0 saturated heterocycles. The summed E-state index contributed by atoms with van der Waals surface area (Å²) >= 11 is 18.1. The number of hydrogen-bond acceptors (Lipinski definition) is 4. The van der Waals surface area contributed by atoms with Crippen molar-refractivity contribution in [2.45, 2.75) is 0 Å². The normalized spacial score (nSPS) is 10.4. The van der Waals surface area contributed by atoms with Crippen molar-refractivity contribution in [3.63, 3.8) is 0 Å². The molecule has 0 radical (unpaired) electrons. The Kier molecular flexibility index (Phi) is 5.38. The largest absolute Gasteiger partial charge is 0.338 e. The fourth-order valence-corrected chi connectivity index (χ4v) is 2.68. The molecule has 0 atom stereocenters. The van der Waals surface area contributed by atoms with Crippen molar-refractivity contribution in [1.29, 1.82) is 0 Å². The maximum atomic E-state index is 12.3. The molecule has 2 aromatic carbocycles. The van der Waals surface area contributed by atoms with Crippen molar-refractivity contribution >= 4 is 57.9 Å². The number of nitrogens with one attached hydrogen (secondary N) is 2. The maximum absolute atomic E-state index is 12.3. The number of benzene rings is 2. The van der Waals surface area contributed by atoms with Crippen LogP contribution in [0.15, 0.2) is 54.9 Å². The number of para-hydroxylation sites is 2. The van der Waals surface area contributed by atoms with Crippen LogP contribution >= 0.6 is 34.8 Å². The average molecular weight is 394 g/mol. The van der Waals surface area contributed by atoms with Crippen molar-refractivity contribution in [2.24, 2.45) is 0 Å². The fourth-order valence-electron chi connectivity index (χ4n) is 2.01. The van der Waals surface area contributed by atoms with Gasteiger partial charge < -0.3 is 10.6 Å². The van der Waals surface area contributed by atoms with Crippen LogP contribution in [-0.4, -0.2) is 15.9 Å². The second-order valence-corrected chi connectivity index (χ2v) is 6.16. The van der Waals surface area contributed by atoms with Crippen LogP contribution in [-0.2, 0) is 0 Å². The second kappa shape index (κ2) is 7.70. The minimum Gasteiger partial charge on any atom is -0.338 e. The van der Waals surface area contributed by atoms with Gasteiger partial charge in [-0.15, -0.1) is 0 Å². The first kappa shape index (κ1) is 17.5. The summed E-state index contributed by atoms with van der Waals surface area (Å²) in [4.78, 5) is 20.5. The van der Waals surface area contributed by atoms with Gasteiger partial charge in [0.05, 0.1) is 38.8 Å². The summed E-state index contributed by atoms with van der Waals surface area (Å²) in [6, 6.07) is 12.2. The zero-order valence-electron chi connectivity index (χ0n) is 12.6. The number of nitrogens with zero attached hydrogens (tertiary/aromatic N) is 2. The van der Waals surface area contributed by atoms with E-state index in [9.17, 15) is 4.79 Å². The number of hydrogen-bond donors (Lipinski definition) is 2. The summed E-state index contributed by atoms with van der Waals surface area (Å²) in [7, 11) is 0. The minimum absolute atomic E-state index is 0.126. The molecule has 1 aromatic heterocycles. The molecule has 0 spiro atoms. The van der Waals surface area contributed by atoms with Crippen LogP contribution < -0.4 is 10.6 Å². The Morgan fingerprint density at radius 3 is 2.16 bits per heavy atom. The van der Waals surface area contributed by atoms with E-state index in [1.165, 1.54) is 12.4 Å². The Morgan fingerprint density at radius 1 is 0.840 bits per heavy atom. The van der Waals surface area contributed by atoms with Crippen molar-refractivity contribution in [1.82, 2.24) is 9.97 Å². The number of amides is 1. The first-order valence-corrected chi connectivity index (χ1v) is 8.27. The fraction of sp³-hybridized carbons (Fsp3) is 0. The molecule has 25 heavy (non-hydrogen) atoms. The van der Waals surface area contributed by atoms with Crippen molar-refractivity contribution in [3.8, 4) is 0 Å². The van der Waals surface area contributed by atoms with Crippen molar-refractivity contribution < 1.29 is 4.79 Å². The zero-order chi connectivity index (χ0) is 17.8. The van der Waals surface area contributed by atoms with E-state index in [2.05, 4.69) is 20.6 Å². The third kappa shape index (κ3) is 4.20. The van der Waals surface area contributed by atoms with Crippen LogP contribution in [0, 0.1) is 0 Å². The number of aromatic nitrogens is 2. The van der Waals surface area contributed by atoms with Gasteiger partial charge in [0.15, 0.2) is 0 Å². The topological polar surface area (TPSA) is 66.9 Å². The number of rotatable bonds is 4.